The highest BCUT2D eigenvalue weighted by atomic mass is 19.1. The molecule has 1 atom stereocenters. The van der Waals surface area contributed by atoms with Crippen LogP contribution in [0.15, 0.2) is 24.3 Å². The number of amides is 1. The Morgan fingerprint density at radius 1 is 1.52 bits per heavy atom. The predicted molar refractivity (Wildman–Crippen MR) is 79.9 cm³/mol. The third-order valence-electron chi connectivity index (χ3n) is 3.45. The van der Waals surface area contributed by atoms with Crippen LogP contribution >= 0.6 is 0 Å². The molecule has 1 heterocycles. The summed E-state index contributed by atoms with van der Waals surface area (Å²) in [4.78, 5) is 13.7. The lowest BCUT2D eigenvalue weighted by atomic mass is 10.2. The van der Waals surface area contributed by atoms with Crippen LogP contribution in [0.4, 0.5) is 10.1 Å². The minimum Gasteiger partial charge on any atom is -0.372 e. The normalized spacial score (nSPS) is 18.3. The molecular formula is C15H22FN3O2. The zero-order chi connectivity index (χ0) is 15.1. The summed E-state index contributed by atoms with van der Waals surface area (Å²) in [6, 6.07) is 6.67. The molecule has 2 N–H and O–H groups in total. The molecule has 1 aliphatic rings. The van der Waals surface area contributed by atoms with Gasteiger partial charge < -0.3 is 20.3 Å². The Morgan fingerprint density at radius 2 is 2.33 bits per heavy atom. The van der Waals surface area contributed by atoms with Crippen molar-refractivity contribution < 1.29 is 13.9 Å². The molecule has 1 unspecified atom stereocenters. The quantitative estimate of drug-likeness (QED) is 0.761. The molecule has 0 aliphatic carbocycles. The number of halogens is 1. The van der Waals surface area contributed by atoms with E-state index in [0.717, 1.165) is 13.0 Å². The van der Waals surface area contributed by atoms with E-state index in [0.29, 0.717) is 31.9 Å². The van der Waals surface area contributed by atoms with Gasteiger partial charge in [0, 0.05) is 33.2 Å². The van der Waals surface area contributed by atoms with Gasteiger partial charge in [0.1, 0.15) is 11.9 Å². The Kier molecular flexibility index (Phi) is 5.95. The van der Waals surface area contributed by atoms with E-state index in [-0.39, 0.29) is 11.7 Å². The van der Waals surface area contributed by atoms with Gasteiger partial charge >= 0.3 is 0 Å². The average molecular weight is 295 g/mol. The fourth-order valence-electron chi connectivity index (χ4n) is 2.26. The third kappa shape index (κ3) is 4.68. The van der Waals surface area contributed by atoms with Crippen LogP contribution < -0.4 is 15.5 Å². The second-order valence-electron chi connectivity index (χ2n) is 5.08. The largest absolute Gasteiger partial charge is 0.372 e. The summed E-state index contributed by atoms with van der Waals surface area (Å²) in [6.45, 7) is 3.13. The van der Waals surface area contributed by atoms with Crippen molar-refractivity contribution in [1.29, 1.82) is 0 Å². The number of hydrogen-bond acceptors (Lipinski definition) is 4. The Hall–Kier alpha value is -1.66. The number of carbonyl (C=O) groups is 1. The monoisotopic (exact) mass is 295 g/mol. The zero-order valence-corrected chi connectivity index (χ0v) is 12.3. The average Bonchev–Trinajstić information content (AvgIpc) is 2.52. The van der Waals surface area contributed by atoms with Crippen molar-refractivity contribution in [1.82, 2.24) is 10.6 Å². The van der Waals surface area contributed by atoms with Gasteiger partial charge in [0.15, 0.2) is 0 Å². The van der Waals surface area contributed by atoms with E-state index in [9.17, 15) is 9.18 Å². The van der Waals surface area contributed by atoms with Crippen molar-refractivity contribution in [2.24, 2.45) is 0 Å². The van der Waals surface area contributed by atoms with Crippen LogP contribution in [0.1, 0.15) is 6.42 Å². The summed E-state index contributed by atoms with van der Waals surface area (Å²) in [5.41, 5.74) is 0.573. The van der Waals surface area contributed by atoms with E-state index in [2.05, 4.69) is 10.6 Å². The lowest BCUT2D eigenvalue weighted by molar-refractivity contribution is -0.134. The van der Waals surface area contributed by atoms with Gasteiger partial charge in [0.2, 0.25) is 5.91 Å². The smallest absolute Gasteiger partial charge is 0.250 e. The van der Waals surface area contributed by atoms with Crippen molar-refractivity contribution in [2.45, 2.75) is 12.5 Å². The van der Waals surface area contributed by atoms with Gasteiger partial charge in [-0.3, -0.25) is 4.79 Å². The van der Waals surface area contributed by atoms with E-state index in [1.54, 1.807) is 12.1 Å². The first-order chi connectivity index (χ1) is 10.2. The zero-order valence-electron chi connectivity index (χ0n) is 12.3. The summed E-state index contributed by atoms with van der Waals surface area (Å²) < 4.78 is 19.0. The van der Waals surface area contributed by atoms with Gasteiger partial charge in [0.25, 0.3) is 0 Å². The molecule has 0 saturated carbocycles. The lowest BCUT2D eigenvalue weighted by Gasteiger charge is -2.23. The number of ether oxygens (including phenoxy) is 1. The van der Waals surface area contributed by atoms with Crippen LogP contribution in [0.5, 0.6) is 0 Å². The van der Waals surface area contributed by atoms with Gasteiger partial charge in [-0.1, -0.05) is 12.1 Å². The highest BCUT2D eigenvalue weighted by Crippen LogP contribution is 2.16. The number of nitrogens with zero attached hydrogens (tertiary/aromatic N) is 1. The first kappa shape index (κ1) is 15.7. The van der Waals surface area contributed by atoms with Gasteiger partial charge in [0.05, 0.1) is 12.3 Å². The molecule has 1 aliphatic heterocycles. The molecule has 2 rings (SSSR count). The minimum atomic E-state index is -0.400. The minimum absolute atomic E-state index is 0.0873. The summed E-state index contributed by atoms with van der Waals surface area (Å²) in [5.74, 6) is -0.318. The topological polar surface area (TPSA) is 53.6 Å². The van der Waals surface area contributed by atoms with Crippen molar-refractivity contribution >= 4 is 11.6 Å². The second kappa shape index (κ2) is 7.95. The highest BCUT2D eigenvalue weighted by Gasteiger charge is 2.20. The molecule has 1 amide bonds. The fraction of sp³-hybridized carbons (Fsp3) is 0.533. The Bertz CT molecular complexity index is 464. The molecule has 6 heteroatoms. The first-order valence-corrected chi connectivity index (χ1v) is 7.24. The molecule has 21 heavy (non-hydrogen) atoms. The maximum Gasteiger partial charge on any atom is 0.250 e. The number of nitrogens with one attached hydrogen (secondary N) is 2. The number of benzene rings is 1. The predicted octanol–water partition coefficient (Wildman–Crippen LogP) is 0.757. The van der Waals surface area contributed by atoms with Crippen LogP contribution in [-0.2, 0) is 9.53 Å². The molecule has 0 radical (unpaired) electrons. The third-order valence-corrected chi connectivity index (χ3v) is 3.45. The van der Waals surface area contributed by atoms with Gasteiger partial charge in [-0.05, 0) is 18.6 Å². The van der Waals surface area contributed by atoms with Crippen LogP contribution in [0.25, 0.3) is 0 Å². The van der Waals surface area contributed by atoms with Crippen molar-refractivity contribution in [3.8, 4) is 0 Å². The van der Waals surface area contributed by atoms with E-state index in [1.807, 2.05) is 18.0 Å². The molecule has 0 spiro atoms. The molecule has 1 fully saturated rings. The second-order valence-corrected chi connectivity index (χ2v) is 5.08. The van der Waals surface area contributed by atoms with E-state index >= 15 is 0 Å². The number of anilines is 1. The number of morpholine rings is 1. The van der Waals surface area contributed by atoms with Gasteiger partial charge in [-0.2, -0.15) is 0 Å². The summed E-state index contributed by atoms with van der Waals surface area (Å²) in [5, 5.41) is 5.97. The Labute approximate surface area is 124 Å². The SMILES string of the molecule is CN(CCCNC(=O)C1CNCCO1)c1ccccc1F. The Morgan fingerprint density at radius 3 is 3.05 bits per heavy atom. The van der Waals surface area contributed by atoms with E-state index < -0.39 is 6.10 Å². The first-order valence-electron chi connectivity index (χ1n) is 7.24. The number of hydrogen-bond donors (Lipinski definition) is 2. The molecule has 0 bridgehead atoms. The van der Waals surface area contributed by atoms with Crippen LogP contribution in [-0.4, -0.2) is 51.8 Å². The molecule has 0 aromatic heterocycles. The fourth-order valence-corrected chi connectivity index (χ4v) is 2.26. The van der Waals surface area contributed by atoms with E-state index in [4.69, 9.17) is 4.74 Å². The van der Waals surface area contributed by atoms with Crippen LogP contribution in [0.2, 0.25) is 0 Å². The maximum absolute atomic E-state index is 13.6. The summed E-state index contributed by atoms with van der Waals surface area (Å²) in [7, 11) is 1.84. The Balaban J connectivity index is 1.67. The lowest BCUT2D eigenvalue weighted by Crippen LogP contribution is -2.48. The molecular weight excluding hydrogens is 273 g/mol. The molecule has 1 aromatic rings. The van der Waals surface area contributed by atoms with E-state index in [1.165, 1.54) is 6.07 Å². The number of para-hydroxylation sites is 1. The summed E-state index contributed by atoms with van der Waals surface area (Å²) in [6.07, 6.45) is 0.347. The number of rotatable bonds is 6. The van der Waals surface area contributed by atoms with Gasteiger partial charge in [-0.25, -0.2) is 4.39 Å². The molecule has 116 valence electrons. The standard InChI is InChI=1S/C15H22FN3O2/c1-19(13-6-3-2-5-12(13)16)9-4-7-18-15(20)14-11-17-8-10-21-14/h2-3,5-6,14,17H,4,7-11H2,1H3,(H,18,20). The van der Waals surface area contributed by atoms with Gasteiger partial charge in [-0.15, -0.1) is 0 Å². The van der Waals surface area contributed by atoms with Crippen molar-refractivity contribution in [3.05, 3.63) is 30.1 Å². The van der Waals surface area contributed by atoms with Crippen LogP contribution in [0, 0.1) is 5.82 Å². The highest BCUT2D eigenvalue weighted by molar-refractivity contribution is 5.81. The number of carbonyl (C=O) groups excluding carboxylic acids is 1. The molecule has 5 nitrogen and oxygen atoms in total. The van der Waals surface area contributed by atoms with Crippen LogP contribution in [0.3, 0.4) is 0 Å². The van der Waals surface area contributed by atoms with Crippen molar-refractivity contribution in [3.63, 3.8) is 0 Å². The molecule has 1 aromatic carbocycles. The summed E-state index contributed by atoms with van der Waals surface area (Å²) >= 11 is 0. The maximum atomic E-state index is 13.6. The molecule has 1 saturated heterocycles. The van der Waals surface area contributed by atoms with Crippen molar-refractivity contribution in [2.75, 3.05) is 44.7 Å².